The highest BCUT2D eigenvalue weighted by atomic mass is 32.1. The summed E-state index contributed by atoms with van der Waals surface area (Å²) in [6.45, 7) is 0. The Hall–Kier alpha value is -7.41. The molecule has 0 fully saturated rings. The number of rotatable bonds is 5. The molecule has 6 heteroatoms. The lowest BCUT2D eigenvalue weighted by molar-refractivity contribution is 1.07. The van der Waals surface area contributed by atoms with Gasteiger partial charge in [-0.3, -0.25) is 0 Å². The fraction of sp³-hybridized carbons (Fsp3) is 0. The van der Waals surface area contributed by atoms with E-state index in [1.165, 1.54) is 58.4 Å². The normalized spacial score (nSPS) is 11.9. The summed E-state index contributed by atoms with van der Waals surface area (Å²) < 4.78 is 7.37. The molecule has 5 nitrogen and oxygen atoms in total. The van der Waals surface area contributed by atoms with E-state index < -0.39 is 0 Å². The van der Waals surface area contributed by atoms with Crippen molar-refractivity contribution in [3.63, 3.8) is 0 Å². The predicted molar refractivity (Wildman–Crippen MR) is 238 cm³/mol. The van der Waals surface area contributed by atoms with Gasteiger partial charge in [-0.25, -0.2) is 15.0 Å². The Morgan fingerprint density at radius 3 is 1.53 bits per heavy atom. The lowest BCUT2D eigenvalue weighted by Crippen LogP contribution is -2.00. The molecule has 0 aliphatic carbocycles. The molecule has 0 atom stereocenters. The van der Waals surface area contributed by atoms with Gasteiger partial charge in [-0.15, -0.1) is 11.3 Å². The van der Waals surface area contributed by atoms with Crippen LogP contribution in [-0.2, 0) is 0 Å². The average Bonchev–Trinajstić information content (AvgIpc) is 3.93. The summed E-state index contributed by atoms with van der Waals surface area (Å²) in [5, 5.41) is 7.44. The fourth-order valence-electron chi connectivity index (χ4n) is 8.62. The van der Waals surface area contributed by atoms with E-state index in [2.05, 4.69) is 137 Å². The average molecular weight is 746 g/mol. The van der Waals surface area contributed by atoms with Crippen molar-refractivity contribution in [1.29, 1.82) is 0 Å². The molecule has 0 aliphatic heterocycles. The Labute approximate surface area is 331 Å². The van der Waals surface area contributed by atoms with Crippen molar-refractivity contribution in [2.45, 2.75) is 0 Å². The van der Waals surface area contributed by atoms with Crippen molar-refractivity contribution in [3.05, 3.63) is 188 Å². The van der Waals surface area contributed by atoms with E-state index >= 15 is 0 Å². The number of thiophene rings is 1. The lowest BCUT2D eigenvalue weighted by atomic mass is 10.1. The molecule has 0 saturated heterocycles. The van der Waals surface area contributed by atoms with Crippen molar-refractivity contribution in [1.82, 2.24) is 24.1 Å². The van der Waals surface area contributed by atoms with Crippen LogP contribution in [0.3, 0.4) is 0 Å². The summed E-state index contributed by atoms with van der Waals surface area (Å²) in [7, 11) is 0. The van der Waals surface area contributed by atoms with E-state index in [4.69, 9.17) is 15.0 Å². The topological polar surface area (TPSA) is 48.5 Å². The van der Waals surface area contributed by atoms with Crippen molar-refractivity contribution < 1.29 is 0 Å². The molecule has 4 heterocycles. The molecular formula is C51H31N5S. The zero-order valence-electron chi connectivity index (χ0n) is 30.5. The van der Waals surface area contributed by atoms with Crippen LogP contribution in [0.1, 0.15) is 0 Å². The maximum absolute atomic E-state index is 5.08. The molecule has 0 bridgehead atoms. The van der Waals surface area contributed by atoms with E-state index in [1.54, 1.807) is 0 Å². The standard InChI is InChI=1S/C51H31N5S/c1-4-15-32(16-5-1)49-52-50(33-17-6-2-7-18-33)54-51(53-49)34-27-28-38-39-30-40-47(31-45(39)55(44(38)29-34)35-19-8-3-9-20-35)57-46-26-14-25-43(48(40)46)56-41-23-12-10-21-36(41)37-22-11-13-24-42(37)56/h1-31H. The van der Waals surface area contributed by atoms with Crippen LogP contribution in [0.2, 0.25) is 0 Å². The van der Waals surface area contributed by atoms with Gasteiger partial charge in [0.05, 0.1) is 27.8 Å². The molecule has 0 aliphatic rings. The van der Waals surface area contributed by atoms with Gasteiger partial charge in [-0.1, -0.05) is 133 Å². The molecule has 266 valence electrons. The van der Waals surface area contributed by atoms with E-state index in [0.29, 0.717) is 17.5 Å². The number of hydrogen-bond acceptors (Lipinski definition) is 4. The highest BCUT2D eigenvalue weighted by Crippen LogP contribution is 2.44. The van der Waals surface area contributed by atoms with E-state index in [0.717, 1.165) is 33.4 Å². The maximum Gasteiger partial charge on any atom is 0.164 e. The maximum atomic E-state index is 5.08. The first-order chi connectivity index (χ1) is 28.3. The van der Waals surface area contributed by atoms with Gasteiger partial charge < -0.3 is 9.13 Å². The van der Waals surface area contributed by atoms with Crippen molar-refractivity contribution in [3.8, 4) is 45.5 Å². The number of aromatic nitrogens is 5. The molecule has 0 unspecified atom stereocenters. The molecule has 4 aromatic heterocycles. The molecule has 12 aromatic rings. The summed E-state index contributed by atoms with van der Waals surface area (Å²) in [5.74, 6) is 1.93. The molecule has 8 aromatic carbocycles. The number of benzene rings is 8. The Bertz CT molecular complexity index is 3400. The van der Waals surface area contributed by atoms with Crippen LogP contribution in [0, 0.1) is 0 Å². The van der Waals surface area contributed by atoms with Gasteiger partial charge in [0, 0.05) is 64.1 Å². The minimum atomic E-state index is 0.636. The SMILES string of the molecule is c1ccc(-c2nc(-c3ccccc3)nc(-c3ccc4c5cc6c(cc5n(-c5ccccc5)c4c3)sc3cccc(-n4c5ccccc5c5ccccc54)c36)n2)cc1. The summed E-state index contributed by atoms with van der Waals surface area (Å²) in [6.07, 6.45) is 0. The van der Waals surface area contributed by atoms with Crippen LogP contribution in [0.15, 0.2) is 188 Å². The predicted octanol–water partition coefficient (Wildman–Crippen LogP) is 13.4. The fourth-order valence-corrected chi connectivity index (χ4v) is 9.76. The monoisotopic (exact) mass is 745 g/mol. The molecular weight excluding hydrogens is 715 g/mol. The van der Waals surface area contributed by atoms with Gasteiger partial charge in [-0.2, -0.15) is 0 Å². The second-order valence-electron chi connectivity index (χ2n) is 14.4. The van der Waals surface area contributed by atoms with Crippen LogP contribution in [0.5, 0.6) is 0 Å². The number of fused-ring (bicyclic) bond motifs is 9. The summed E-state index contributed by atoms with van der Waals surface area (Å²) in [6, 6.07) is 66.7. The van der Waals surface area contributed by atoms with Crippen molar-refractivity contribution in [2.75, 3.05) is 0 Å². The molecule has 0 radical (unpaired) electrons. The van der Waals surface area contributed by atoms with Gasteiger partial charge in [0.1, 0.15) is 0 Å². The summed E-state index contributed by atoms with van der Waals surface area (Å²) in [4.78, 5) is 15.1. The van der Waals surface area contributed by atoms with Gasteiger partial charge >= 0.3 is 0 Å². The molecule has 0 spiro atoms. The summed E-state index contributed by atoms with van der Waals surface area (Å²) >= 11 is 1.86. The highest BCUT2D eigenvalue weighted by molar-refractivity contribution is 7.26. The van der Waals surface area contributed by atoms with Crippen LogP contribution in [0.25, 0.3) is 109 Å². The Balaban J connectivity index is 1.12. The zero-order valence-corrected chi connectivity index (χ0v) is 31.4. The minimum absolute atomic E-state index is 0.636. The third kappa shape index (κ3) is 4.98. The zero-order chi connectivity index (χ0) is 37.5. The molecule has 12 rings (SSSR count). The molecule has 0 saturated carbocycles. The van der Waals surface area contributed by atoms with Crippen LogP contribution in [-0.4, -0.2) is 24.1 Å². The van der Waals surface area contributed by atoms with Gasteiger partial charge in [0.15, 0.2) is 17.5 Å². The van der Waals surface area contributed by atoms with E-state index in [1.807, 2.05) is 72.0 Å². The molecule has 57 heavy (non-hydrogen) atoms. The first-order valence-electron chi connectivity index (χ1n) is 19.1. The first kappa shape index (κ1) is 31.9. The smallest absolute Gasteiger partial charge is 0.164 e. The largest absolute Gasteiger partial charge is 0.309 e. The Kier molecular flexibility index (Phi) is 7.03. The second kappa shape index (κ2) is 12.6. The third-order valence-electron chi connectivity index (χ3n) is 11.2. The number of para-hydroxylation sites is 3. The molecule has 0 amide bonds. The second-order valence-corrected chi connectivity index (χ2v) is 15.5. The molecule has 0 N–H and O–H groups in total. The Morgan fingerprint density at radius 2 is 0.877 bits per heavy atom. The van der Waals surface area contributed by atoms with E-state index in [-0.39, 0.29) is 0 Å². The van der Waals surface area contributed by atoms with Gasteiger partial charge in [-0.05, 0) is 54.6 Å². The minimum Gasteiger partial charge on any atom is -0.309 e. The Morgan fingerprint density at radius 1 is 0.333 bits per heavy atom. The third-order valence-corrected chi connectivity index (χ3v) is 12.3. The highest BCUT2D eigenvalue weighted by Gasteiger charge is 2.21. The van der Waals surface area contributed by atoms with Crippen LogP contribution >= 0.6 is 11.3 Å². The summed E-state index contributed by atoms with van der Waals surface area (Å²) in [5.41, 5.74) is 9.82. The van der Waals surface area contributed by atoms with E-state index in [9.17, 15) is 0 Å². The van der Waals surface area contributed by atoms with Gasteiger partial charge in [0.2, 0.25) is 0 Å². The van der Waals surface area contributed by atoms with Crippen molar-refractivity contribution in [2.24, 2.45) is 0 Å². The van der Waals surface area contributed by atoms with Crippen LogP contribution < -0.4 is 0 Å². The van der Waals surface area contributed by atoms with Crippen LogP contribution in [0.4, 0.5) is 0 Å². The number of hydrogen-bond donors (Lipinski definition) is 0. The lowest BCUT2D eigenvalue weighted by Gasteiger charge is -2.10. The van der Waals surface area contributed by atoms with Gasteiger partial charge in [0.25, 0.3) is 0 Å². The first-order valence-corrected chi connectivity index (χ1v) is 19.9. The van der Waals surface area contributed by atoms with Crippen molar-refractivity contribution >= 4 is 75.1 Å². The number of nitrogens with zero attached hydrogens (tertiary/aromatic N) is 5. The quantitative estimate of drug-likeness (QED) is 0.176.